The van der Waals surface area contributed by atoms with Gasteiger partial charge in [0, 0.05) is 12.1 Å². The molecule has 2 rings (SSSR count). The SMILES string of the molecule is Cc1cccc(C(=O)NC(C(=O)NCCc2cccc(C(=O)O)c2)C(C)C)c1. The number of carboxylic acid groups (broad SMARTS) is 1. The number of aromatic carboxylic acids is 1. The number of benzene rings is 2. The van der Waals surface area contributed by atoms with E-state index in [-0.39, 0.29) is 23.3 Å². The maximum absolute atomic E-state index is 12.6. The second-order valence-corrected chi connectivity index (χ2v) is 7.11. The van der Waals surface area contributed by atoms with E-state index in [2.05, 4.69) is 10.6 Å². The molecule has 1 atom stereocenters. The second kappa shape index (κ2) is 9.69. The van der Waals surface area contributed by atoms with Crippen LogP contribution in [-0.4, -0.2) is 35.5 Å². The summed E-state index contributed by atoms with van der Waals surface area (Å²) in [7, 11) is 0. The summed E-state index contributed by atoms with van der Waals surface area (Å²) in [5.41, 5.74) is 2.53. The van der Waals surface area contributed by atoms with Gasteiger partial charge < -0.3 is 15.7 Å². The molecule has 0 aliphatic heterocycles. The predicted molar refractivity (Wildman–Crippen MR) is 107 cm³/mol. The van der Waals surface area contributed by atoms with E-state index in [1.165, 1.54) is 6.07 Å². The van der Waals surface area contributed by atoms with Crippen LogP contribution >= 0.6 is 0 Å². The first-order valence-electron chi connectivity index (χ1n) is 9.25. The topological polar surface area (TPSA) is 95.5 Å². The van der Waals surface area contributed by atoms with Gasteiger partial charge in [0.25, 0.3) is 5.91 Å². The molecule has 0 aromatic heterocycles. The van der Waals surface area contributed by atoms with E-state index in [0.717, 1.165) is 11.1 Å². The van der Waals surface area contributed by atoms with Crippen LogP contribution in [0.4, 0.5) is 0 Å². The average Bonchev–Trinajstić information content (AvgIpc) is 2.65. The summed E-state index contributed by atoms with van der Waals surface area (Å²) in [6.07, 6.45) is 0.503. The summed E-state index contributed by atoms with van der Waals surface area (Å²) < 4.78 is 0. The van der Waals surface area contributed by atoms with Gasteiger partial charge in [0.05, 0.1) is 5.56 Å². The van der Waals surface area contributed by atoms with Crippen LogP contribution in [0.25, 0.3) is 0 Å². The molecule has 6 nitrogen and oxygen atoms in total. The van der Waals surface area contributed by atoms with Crippen LogP contribution in [0.2, 0.25) is 0 Å². The Hall–Kier alpha value is -3.15. The number of carboxylic acids is 1. The Labute approximate surface area is 165 Å². The van der Waals surface area contributed by atoms with Gasteiger partial charge in [-0.1, -0.05) is 43.7 Å². The number of carbonyl (C=O) groups is 3. The molecule has 148 valence electrons. The molecule has 6 heteroatoms. The van der Waals surface area contributed by atoms with Gasteiger partial charge in [0.1, 0.15) is 6.04 Å². The molecule has 0 heterocycles. The summed E-state index contributed by atoms with van der Waals surface area (Å²) in [5.74, 6) is -1.61. The minimum Gasteiger partial charge on any atom is -0.478 e. The first kappa shape index (κ1) is 21.2. The van der Waals surface area contributed by atoms with Crippen molar-refractivity contribution in [2.75, 3.05) is 6.54 Å². The highest BCUT2D eigenvalue weighted by Crippen LogP contribution is 2.08. The van der Waals surface area contributed by atoms with Gasteiger partial charge in [-0.15, -0.1) is 0 Å². The van der Waals surface area contributed by atoms with E-state index in [9.17, 15) is 14.4 Å². The highest BCUT2D eigenvalue weighted by Gasteiger charge is 2.24. The molecule has 0 spiro atoms. The van der Waals surface area contributed by atoms with Gasteiger partial charge in [-0.05, 0) is 49.1 Å². The second-order valence-electron chi connectivity index (χ2n) is 7.11. The molecule has 2 aromatic carbocycles. The van der Waals surface area contributed by atoms with E-state index in [1.807, 2.05) is 32.9 Å². The molecule has 0 bridgehead atoms. The van der Waals surface area contributed by atoms with Gasteiger partial charge in [0.15, 0.2) is 0 Å². The largest absolute Gasteiger partial charge is 0.478 e. The molecule has 0 fully saturated rings. The minimum atomic E-state index is -0.982. The molecule has 0 aliphatic rings. The Kier molecular flexibility index (Phi) is 7.32. The molecular formula is C22H26N2O4. The van der Waals surface area contributed by atoms with Gasteiger partial charge in [0.2, 0.25) is 5.91 Å². The van der Waals surface area contributed by atoms with Crippen molar-refractivity contribution in [3.8, 4) is 0 Å². The molecule has 3 N–H and O–H groups in total. The van der Waals surface area contributed by atoms with Crippen LogP contribution < -0.4 is 10.6 Å². The molecule has 2 aromatic rings. The molecule has 0 aliphatic carbocycles. The van der Waals surface area contributed by atoms with E-state index < -0.39 is 12.0 Å². The van der Waals surface area contributed by atoms with Crippen LogP contribution in [0.5, 0.6) is 0 Å². The lowest BCUT2D eigenvalue weighted by molar-refractivity contribution is -0.123. The maximum atomic E-state index is 12.6. The van der Waals surface area contributed by atoms with Crippen molar-refractivity contribution in [2.45, 2.75) is 33.2 Å². The third-order valence-corrected chi connectivity index (χ3v) is 4.40. The zero-order valence-corrected chi connectivity index (χ0v) is 16.4. The summed E-state index contributed by atoms with van der Waals surface area (Å²) >= 11 is 0. The van der Waals surface area contributed by atoms with Gasteiger partial charge >= 0.3 is 5.97 Å². The van der Waals surface area contributed by atoms with Crippen LogP contribution in [0.3, 0.4) is 0 Å². The molecule has 1 unspecified atom stereocenters. The number of hydrogen-bond donors (Lipinski definition) is 3. The van der Waals surface area contributed by atoms with Crippen molar-refractivity contribution in [1.82, 2.24) is 10.6 Å². The van der Waals surface area contributed by atoms with E-state index in [4.69, 9.17) is 5.11 Å². The predicted octanol–water partition coefficient (Wildman–Crippen LogP) is 2.81. The first-order valence-corrected chi connectivity index (χ1v) is 9.25. The number of carbonyl (C=O) groups excluding carboxylic acids is 2. The Balaban J connectivity index is 1.94. The normalized spacial score (nSPS) is 11.7. The third kappa shape index (κ3) is 5.94. The van der Waals surface area contributed by atoms with Gasteiger partial charge in [-0.2, -0.15) is 0 Å². The molecule has 0 radical (unpaired) electrons. The number of nitrogens with one attached hydrogen (secondary N) is 2. The fraction of sp³-hybridized carbons (Fsp3) is 0.318. The van der Waals surface area contributed by atoms with Crippen molar-refractivity contribution in [1.29, 1.82) is 0 Å². The summed E-state index contributed by atoms with van der Waals surface area (Å²) in [4.78, 5) is 36.1. The number of aryl methyl sites for hydroxylation is 1. The lowest BCUT2D eigenvalue weighted by Gasteiger charge is -2.22. The maximum Gasteiger partial charge on any atom is 0.335 e. The van der Waals surface area contributed by atoms with Crippen molar-refractivity contribution in [2.24, 2.45) is 5.92 Å². The third-order valence-electron chi connectivity index (χ3n) is 4.40. The Morgan fingerprint density at radius 1 is 1.00 bits per heavy atom. The van der Waals surface area contributed by atoms with Crippen molar-refractivity contribution in [3.05, 3.63) is 70.8 Å². The zero-order chi connectivity index (χ0) is 20.7. The molecule has 2 amide bonds. The molecule has 0 saturated carbocycles. The van der Waals surface area contributed by atoms with Gasteiger partial charge in [-0.3, -0.25) is 9.59 Å². The standard InChI is InChI=1S/C22H26N2O4/c1-14(2)19(24-20(25)17-8-4-6-15(3)12-17)21(26)23-11-10-16-7-5-9-18(13-16)22(27)28/h4-9,12-14,19H,10-11H2,1-3H3,(H,23,26)(H,24,25)(H,27,28). The van der Waals surface area contributed by atoms with Crippen molar-refractivity contribution >= 4 is 17.8 Å². The highest BCUT2D eigenvalue weighted by molar-refractivity contribution is 5.97. The Bertz CT molecular complexity index is 861. The summed E-state index contributed by atoms with van der Waals surface area (Å²) in [6.45, 7) is 6.00. The number of hydrogen-bond acceptors (Lipinski definition) is 3. The molecular weight excluding hydrogens is 356 g/mol. The summed E-state index contributed by atoms with van der Waals surface area (Å²) in [5, 5.41) is 14.7. The van der Waals surface area contributed by atoms with E-state index >= 15 is 0 Å². The average molecular weight is 382 g/mol. The van der Waals surface area contributed by atoms with E-state index in [1.54, 1.807) is 30.3 Å². The Morgan fingerprint density at radius 2 is 1.68 bits per heavy atom. The minimum absolute atomic E-state index is 0.0795. The lowest BCUT2D eigenvalue weighted by atomic mass is 10.0. The first-order chi connectivity index (χ1) is 13.3. The number of rotatable bonds is 8. The highest BCUT2D eigenvalue weighted by atomic mass is 16.4. The lowest BCUT2D eigenvalue weighted by Crippen LogP contribution is -2.50. The van der Waals surface area contributed by atoms with Crippen LogP contribution in [-0.2, 0) is 11.2 Å². The smallest absolute Gasteiger partial charge is 0.335 e. The van der Waals surface area contributed by atoms with E-state index in [0.29, 0.717) is 18.5 Å². The number of amides is 2. The van der Waals surface area contributed by atoms with Crippen LogP contribution in [0, 0.1) is 12.8 Å². The van der Waals surface area contributed by atoms with Crippen LogP contribution in [0.1, 0.15) is 45.7 Å². The summed E-state index contributed by atoms with van der Waals surface area (Å²) in [6, 6.07) is 13.2. The zero-order valence-electron chi connectivity index (χ0n) is 16.4. The Morgan fingerprint density at radius 3 is 2.32 bits per heavy atom. The van der Waals surface area contributed by atoms with Crippen LogP contribution in [0.15, 0.2) is 48.5 Å². The quantitative estimate of drug-likeness (QED) is 0.654. The van der Waals surface area contributed by atoms with Crippen molar-refractivity contribution < 1.29 is 19.5 Å². The van der Waals surface area contributed by atoms with Gasteiger partial charge in [-0.25, -0.2) is 4.79 Å². The van der Waals surface area contributed by atoms with Crippen molar-refractivity contribution in [3.63, 3.8) is 0 Å². The monoisotopic (exact) mass is 382 g/mol. The fourth-order valence-corrected chi connectivity index (χ4v) is 2.85. The molecule has 0 saturated heterocycles. The fourth-order valence-electron chi connectivity index (χ4n) is 2.85. The molecule has 28 heavy (non-hydrogen) atoms.